The molecule has 0 fully saturated rings. The predicted octanol–water partition coefficient (Wildman–Crippen LogP) is 2.51. The van der Waals surface area contributed by atoms with E-state index in [1.807, 2.05) is 0 Å². The summed E-state index contributed by atoms with van der Waals surface area (Å²) < 4.78 is 5.11. The van der Waals surface area contributed by atoms with Crippen LogP contribution >= 0.6 is 11.6 Å². The average molecular weight is 254 g/mol. The minimum absolute atomic E-state index is 0.0442. The van der Waals surface area contributed by atoms with Crippen LogP contribution in [0.4, 0.5) is 0 Å². The van der Waals surface area contributed by atoms with E-state index in [1.54, 1.807) is 24.3 Å². The van der Waals surface area contributed by atoms with Gasteiger partial charge in [0, 0.05) is 11.4 Å². The Labute approximate surface area is 104 Å². The Morgan fingerprint density at radius 1 is 1.65 bits per heavy atom. The number of nitriles is 1. The second kappa shape index (κ2) is 5.07. The monoisotopic (exact) mass is 253 g/mol. The van der Waals surface area contributed by atoms with Gasteiger partial charge in [0.05, 0.1) is 13.2 Å². The second-order valence-electron chi connectivity index (χ2n) is 3.88. The van der Waals surface area contributed by atoms with Gasteiger partial charge in [-0.2, -0.15) is 5.26 Å². The fourth-order valence-electron chi connectivity index (χ4n) is 1.43. The summed E-state index contributed by atoms with van der Waals surface area (Å²) in [6.45, 7) is 1.37. The van der Waals surface area contributed by atoms with Gasteiger partial charge in [-0.1, -0.05) is 11.6 Å². The number of carboxylic acids is 1. The molecule has 0 radical (unpaired) electrons. The number of ether oxygens (including phenoxy) is 1. The van der Waals surface area contributed by atoms with Crippen molar-refractivity contribution in [1.82, 2.24) is 0 Å². The minimum Gasteiger partial charge on any atom is -0.496 e. The van der Waals surface area contributed by atoms with E-state index >= 15 is 0 Å². The largest absolute Gasteiger partial charge is 0.496 e. The molecule has 0 spiro atoms. The van der Waals surface area contributed by atoms with Gasteiger partial charge >= 0.3 is 5.97 Å². The van der Waals surface area contributed by atoms with Crippen LogP contribution in [0, 0.1) is 16.7 Å². The molecule has 0 saturated heterocycles. The molecule has 0 bridgehead atoms. The third kappa shape index (κ3) is 2.89. The molecule has 0 aromatic heterocycles. The van der Waals surface area contributed by atoms with Gasteiger partial charge in [-0.25, -0.2) is 0 Å². The highest BCUT2D eigenvalue weighted by atomic mass is 35.5. The van der Waals surface area contributed by atoms with Crippen molar-refractivity contribution < 1.29 is 14.6 Å². The summed E-state index contributed by atoms with van der Waals surface area (Å²) in [6, 6.07) is 6.71. The molecule has 5 heteroatoms. The summed E-state index contributed by atoms with van der Waals surface area (Å²) in [6.07, 6.45) is 0.0442. The SMILES string of the molecule is COc1ccc(Cl)cc1CC(C)(C#N)C(=O)O. The maximum Gasteiger partial charge on any atom is 0.324 e. The van der Waals surface area contributed by atoms with Crippen molar-refractivity contribution in [2.75, 3.05) is 7.11 Å². The number of carbonyl (C=O) groups is 1. The molecule has 1 aromatic carbocycles. The van der Waals surface area contributed by atoms with Gasteiger partial charge in [0.15, 0.2) is 5.41 Å². The number of halogens is 1. The number of rotatable bonds is 4. The van der Waals surface area contributed by atoms with E-state index in [4.69, 9.17) is 26.7 Å². The van der Waals surface area contributed by atoms with Crippen molar-refractivity contribution in [1.29, 1.82) is 5.26 Å². The van der Waals surface area contributed by atoms with E-state index in [-0.39, 0.29) is 6.42 Å². The molecule has 1 aromatic rings. The molecule has 0 aliphatic carbocycles. The van der Waals surface area contributed by atoms with Crippen molar-refractivity contribution >= 4 is 17.6 Å². The summed E-state index contributed by atoms with van der Waals surface area (Å²) in [4.78, 5) is 11.0. The van der Waals surface area contributed by atoms with Crippen LogP contribution in [0.2, 0.25) is 5.02 Å². The average Bonchev–Trinajstić information content (AvgIpc) is 2.29. The van der Waals surface area contributed by atoms with Gasteiger partial charge in [-0.15, -0.1) is 0 Å². The van der Waals surface area contributed by atoms with Crippen molar-refractivity contribution in [2.24, 2.45) is 5.41 Å². The molecular formula is C12H12ClNO3. The maximum absolute atomic E-state index is 11.0. The minimum atomic E-state index is -1.49. The lowest BCUT2D eigenvalue weighted by Crippen LogP contribution is -2.28. The second-order valence-corrected chi connectivity index (χ2v) is 4.32. The molecule has 1 unspecified atom stereocenters. The first-order chi connectivity index (χ1) is 7.92. The fourth-order valence-corrected chi connectivity index (χ4v) is 1.62. The quantitative estimate of drug-likeness (QED) is 0.895. The van der Waals surface area contributed by atoms with Crippen LogP contribution in [0.15, 0.2) is 18.2 Å². The molecule has 0 saturated carbocycles. The molecule has 4 nitrogen and oxygen atoms in total. The van der Waals surface area contributed by atoms with E-state index < -0.39 is 11.4 Å². The van der Waals surface area contributed by atoms with E-state index in [2.05, 4.69) is 0 Å². The number of hydrogen-bond acceptors (Lipinski definition) is 3. The first-order valence-corrected chi connectivity index (χ1v) is 5.28. The predicted molar refractivity (Wildman–Crippen MR) is 63.1 cm³/mol. The summed E-state index contributed by atoms with van der Waals surface area (Å²) in [5.74, 6) is -0.640. The standard InChI is InChI=1S/C12H12ClNO3/c1-12(7-14,11(15)16)6-8-5-9(13)3-4-10(8)17-2/h3-5H,6H2,1-2H3,(H,15,16). The summed E-state index contributed by atoms with van der Waals surface area (Å²) in [7, 11) is 1.48. The Morgan fingerprint density at radius 2 is 2.29 bits per heavy atom. The molecule has 1 rings (SSSR count). The van der Waals surface area contributed by atoms with Crippen molar-refractivity contribution in [2.45, 2.75) is 13.3 Å². The van der Waals surface area contributed by atoms with Gasteiger partial charge in [0.2, 0.25) is 0 Å². The van der Waals surface area contributed by atoms with Gasteiger partial charge in [-0.3, -0.25) is 4.79 Å². The van der Waals surface area contributed by atoms with E-state index in [9.17, 15) is 4.79 Å². The van der Waals surface area contributed by atoms with Gasteiger partial charge < -0.3 is 9.84 Å². The third-order valence-corrected chi connectivity index (χ3v) is 2.74. The van der Waals surface area contributed by atoms with Crippen LogP contribution in [-0.4, -0.2) is 18.2 Å². The van der Waals surface area contributed by atoms with E-state index in [0.29, 0.717) is 16.3 Å². The molecule has 0 heterocycles. The summed E-state index contributed by atoms with van der Waals surface area (Å²) in [5.41, 5.74) is -0.885. The fraction of sp³-hybridized carbons (Fsp3) is 0.333. The first kappa shape index (κ1) is 13.3. The lowest BCUT2D eigenvalue weighted by molar-refractivity contribution is -0.144. The number of nitrogens with zero attached hydrogens (tertiary/aromatic N) is 1. The van der Waals surface area contributed by atoms with Crippen molar-refractivity contribution in [3.63, 3.8) is 0 Å². The molecule has 17 heavy (non-hydrogen) atoms. The number of benzene rings is 1. The number of carboxylic acid groups (broad SMARTS) is 1. The molecule has 1 N–H and O–H groups in total. The Kier molecular flexibility index (Phi) is 3.97. The van der Waals surface area contributed by atoms with Crippen LogP contribution in [-0.2, 0) is 11.2 Å². The summed E-state index contributed by atoms with van der Waals surface area (Å²) >= 11 is 5.84. The lowest BCUT2D eigenvalue weighted by atomic mass is 9.85. The number of hydrogen-bond donors (Lipinski definition) is 1. The van der Waals surface area contributed by atoms with Crippen LogP contribution < -0.4 is 4.74 Å². The molecule has 1 atom stereocenters. The zero-order valence-corrected chi connectivity index (χ0v) is 10.3. The van der Waals surface area contributed by atoms with Crippen LogP contribution in [0.25, 0.3) is 0 Å². The van der Waals surface area contributed by atoms with E-state index in [1.165, 1.54) is 14.0 Å². The number of aliphatic carboxylic acids is 1. The molecule has 90 valence electrons. The zero-order valence-electron chi connectivity index (χ0n) is 9.53. The van der Waals surface area contributed by atoms with Gasteiger partial charge in [0.25, 0.3) is 0 Å². The molecule has 0 amide bonds. The highest BCUT2D eigenvalue weighted by molar-refractivity contribution is 6.30. The first-order valence-electron chi connectivity index (χ1n) is 4.90. The Hall–Kier alpha value is -1.73. The Morgan fingerprint density at radius 3 is 2.76 bits per heavy atom. The van der Waals surface area contributed by atoms with Crippen LogP contribution in [0.5, 0.6) is 5.75 Å². The van der Waals surface area contributed by atoms with Gasteiger partial charge in [-0.05, 0) is 30.7 Å². The van der Waals surface area contributed by atoms with Crippen molar-refractivity contribution in [3.05, 3.63) is 28.8 Å². The highest BCUT2D eigenvalue weighted by Crippen LogP contribution is 2.30. The molecule has 0 aliphatic rings. The molecular weight excluding hydrogens is 242 g/mol. The van der Waals surface area contributed by atoms with E-state index in [0.717, 1.165) is 0 Å². The highest BCUT2D eigenvalue weighted by Gasteiger charge is 2.34. The van der Waals surface area contributed by atoms with Crippen LogP contribution in [0.3, 0.4) is 0 Å². The smallest absolute Gasteiger partial charge is 0.324 e. The topological polar surface area (TPSA) is 70.3 Å². The van der Waals surface area contributed by atoms with Gasteiger partial charge in [0.1, 0.15) is 5.75 Å². The summed E-state index contributed by atoms with van der Waals surface area (Å²) in [5, 5.41) is 18.5. The third-order valence-electron chi connectivity index (χ3n) is 2.51. The molecule has 0 aliphatic heterocycles. The van der Waals surface area contributed by atoms with Crippen molar-refractivity contribution in [3.8, 4) is 11.8 Å². The Balaban J connectivity index is 3.14. The Bertz CT molecular complexity index is 481. The lowest BCUT2D eigenvalue weighted by Gasteiger charge is -2.18. The van der Waals surface area contributed by atoms with Crippen LogP contribution in [0.1, 0.15) is 12.5 Å². The normalized spacial score (nSPS) is 13.5. The number of methoxy groups -OCH3 is 1. The maximum atomic E-state index is 11.0. The zero-order chi connectivity index (χ0) is 13.1.